The predicted octanol–water partition coefficient (Wildman–Crippen LogP) is 3.97. The molecule has 4 aliphatic rings. The number of rotatable bonds is 8. The number of hydrogen-bond donors (Lipinski definition) is 1. The number of hydrogen-bond acceptors (Lipinski definition) is 7. The molecule has 0 aliphatic heterocycles. The van der Waals surface area contributed by atoms with Crippen molar-refractivity contribution in [1.29, 1.82) is 0 Å². The molecule has 0 amide bonds. The molecular weight excluding hydrogens is 460 g/mol. The molecule has 3 saturated carbocycles. The van der Waals surface area contributed by atoms with Crippen molar-refractivity contribution in [2.45, 2.75) is 78.7 Å². The summed E-state index contributed by atoms with van der Waals surface area (Å²) in [6.07, 6.45) is 8.61. The van der Waals surface area contributed by atoms with E-state index >= 15 is 0 Å². The lowest BCUT2D eigenvalue weighted by Gasteiger charge is -2.60. The zero-order valence-electron chi connectivity index (χ0n) is 22.0. The Morgan fingerprint density at radius 3 is 2.56 bits per heavy atom. The highest BCUT2D eigenvalue weighted by atomic mass is 16.5. The summed E-state index contributed by atoms with van der Waals surface area (Å²) in [5, 5.41) is 11.6. The van der Waals surface area contributed by atoms with Crippen LogP contribution in [0, 0.1) is 40.4 Å². The predicted molar refractivity (Wildman–Crippen MR) is 132 cm³/mol. The summed E-state index contributed by atoms with van der Waals surface area (Å²) in [4.78, 5) is 49.3. The molecule has 36 heavy (non-hydrogen) atoms. The molecule has 4 aliphatic carbocycles. The van der Waals surface area contributed by atoms with Gasteiger partial charge in [-0.05, 0) is 67.1 Å². The molecular formula is C29H40O7. The molecule has 0 unspecified atom stereocenters. The van der Waals surface area contributed by atoms with Gasteiger partial charge in [0.15, 0.2) is 11.6 Å². The summed E-state index contributed by atoms with van der Waals surface area (Å²) in [5.74, 6) is -0.893. The van der Waals surface area contributed by atoms with E-state index < -0.39 is 16.9 Å². The van der Waals surface area contributed by atoms with Crippen molar-refractivity contribution in [2.24, 2.45) is 40.4 Å². The molecule has 4 rings (SSSR count). The van der Waals surface area contributed by atoms with Crippen LogP contribution in [0.1, 0.15) is 72.6 Å². The van der Waals surface area contributed by atoms with Crippen LogP contribution in [0.5, 0.6) is 0 Å². The average Bonchev–Trinajstić information content (AvgIpc) is 3.18. The van der Waals surface area contributed by atoms with E-state index in [0.29, 0.717) is 38.5 Å². The van der Waals surface area contributed by atoms with Crippen molar-refractivity contribution in [1.82, 2.24) is 0 Å². The maximum Gasteiger partial charge on any atom is 0.306 e. The van der Waals surface area contributed by atoms with E-state index in [9.17, 15) is 24.3 Å². The van der Waals surface area contributed by atoms with Gasteiger partial charge in [0.25, 0.3) is 0 Å². The van der Waals surface area contributed by atoms with Crippen LogP contribution in [-0.2, 0) is 28.7 Å². The number of carbonyl (C=O) groups excluding carboxylic acids is 4. The SMILES string of the molecule is CCCC(=O)OCC(=O)[C@H]1CC[C@H]2[C@@H]3C[C@H](COC(=O)CC)C4=CC(=O)C=C[C@]4(C)[C@H]3[C@@H](O)C[C@]12C. The van der Waals surface area contributed by atoms with Gasteiger partial charge in [0, 0.05) is 36.0 Å². The minimum absolute atomic E-state index is 0.0608. The van der Waals surface area contributed by atoms with E-state index in [1.165, 1.54) is 0 Å². The fourth-order valence-corrected chi connectivity index (χ4v) is 8.07. The summed E-state index contributed by atoms with van der Waals surface area (Å²) in [6.45, 7) is 7.86. The van der Waals surface area contributed by atoms with Gasteiger partial charge in [0.1, 0.15) is 6.61 Å². The molecule has 0 saturated heterocycles. The first kappa shape index (κ1) is 26.8. The maximum absolute atomic E-state index is 13.2. The molecule has 0 aromatic rings. The van der Waals surface area contributed by atoms with E-state index in [4.69, 9.17) is 9.47 Å². The Balaban J connectivity index is 1.61. The second-order valence-corrected chi connectivity index (χ2v) is 11.7. The number of Topliss-reactive ketones (excluding diaryl/α,β-unsaturated/α-hetero) is 1. The van der Waals surface area contributed by atoms with Gasteiger partial charge >= 0.3 is 11.9 Å². The van der Waals surface area contributed by atoms with Crippen molar-refractivity contribution in [3.05, 3.63) is 23.8 Å². The van der Waals surface area contributed by atoms with Gasteiger partial charge in [-0.1, -0.05) is 33.8 Å². The molecule has 8 atom stereocenters. The monoisotopic (exact) mass is 500 g/mol. The zero-order chi connectivity index (χ0) is 26.3. The Morgan fingerprint density at radius 2 is 1.86 bits per heavy atom. The van der Waals surface area contributed by atoms with Gasteiger partial charge in [-0.25, -0.2) is 0 Å². The third kappa shape index (κ3) is 4.59. The summed E-state index contributed by atoms with van der Waals surface area (Å²) in [7, 11) is 0. The van der Waals surface area contributed by atoms with Gasteiger partial charge < -0.3 is 14.6 Å². The largest absolute Gasteiger partial charge is 0.465 e. The van der Waals surface area contributed by atoms with Crippen LogP contribution in [-0.4, -0.2) is 47.9 Å². The topological polar surface area (TPSA) is 107 Å². The molecule has 1 N–H and O–H groups in total. The number of carbonyl (C=O) groups is 4. The van der Waals surface area contributed by atoms with E-state index in [2.05, 4.69) is 13.8 Å². The number of aliphatic hydroxyl groups is 1. The average molecular weight is 501 g/mol. The summed E-state index contributed by atoms with van der Waals surface area (Å²) in [5.41, 5.74) is 0.0282. The first-order valence-corrected chi connectivity index (χ1v) is 13.5. The van der Waals surface area contributed by atoms with Gasteiger partial charge in [-0.15, -0.1) is 0 Å². The Bertz CT molecular complexity index is 980. The number of fused-ring (bicyclic) bond motifs is 5. The lowest BCUT2D eigenvalue weighted by molar-refractivity contribution is -0.156. The lowest BCUT2D eigenvalue weighted by atomic mass is 9.45. The molecule has 0 aromatic heterocycles. The van der Waals surface area contributed by atoms with Crippen LogP contribution in [0.25, 0.3) is 0 Å². The Morgan fingerprint density at radius 1 is 1.11 bits per heavy atom. The molecule has 0 radical (unpaired) electrons. The normalized spacial score (nSPS) is 38.9. The third-order valence-corrected chi connectivity index (χ3v) is 9.61. The summed E-state index contributed by atoms with van der Waals surface area (Å²) < 4.78 is 10.8. The van der Waals surface area contributed by atoms with Crippen molar-refractivity contribution < 1.29 is 33.8 Å². The Labute approximate surface area is 213 Å². The van der Waals surface area contributed by atoms with Crippen LogP contribution >= 0.6 is 0 Å². The summed E-state index contributed by atoms with van der Waals surface area (Å²) in [6, 6.07) is 0. The smallest absolute Gasteiger partial charge is 0.306 e. The second-order valence-electron chi connectivity index (χ2n) is 11.7. The fraction of sp³-hybridized carbons (Fsp3) is 0.724. The highest BCUT2D eigenvalue weighted by molar-refractivity contribution is 6.01. The quantitative estimate of drug-likeness (QED) is 0.503. The second kappa shape index (κ2) is 10.2. The molecule has 7 heteroatoms. The number of ketones is 2. The fourth-order valence-electron chi connectivity index (χ4n) is 8.07. The lowest BCUT2D eigenvalue weighted by Crippen LogP contribution is -2.58. The molecule has 0 spiro atoms. The van der Waals surface area contributed by atoms with E-state index in [0.717, 1.165) is 12.0 Å². The Kier molecular flexibility index (Phi) is 7.61. The van der Waals surface area contributed by atoms with Crippen LogP contribution in [0.4, 0.5) is 0 Å². The molecule has 7 nitrogen and oxygen atoms in total. The number of ether oxygens (including phenoxy) is 2. The first-order chi connectivity index (χ1) is 17.0. The minimum atomic E-state index is -0.641. The van der Waals surface area contributed by atoms with Crippen molar-refractivity contribution in [3.8, 4) is 0 Å². The molecule has 0 heterocycles. The highest BCUT2D eigenvalue weighted by Gasteiger charge is 2.63. The molecule has 0 aromatic carbocycles. The van der Waals surface area contributed by atoms with E-state index in [1.54, 1.807) is 19.1 Å². The van der Waals surface area contributed by atoms with Gasteiger partial charge in [-0.3, -0.25) is 19.2 Å². The number of aliphatic hydroxyl groups excluding tert-OH is 1. The molecule has 3 fully saturated rings. The first-order valence-electron chi connectivity index (χ1n) is 13.5. The van der Waals surface area contributed by atoms with Crippen molar-refractivity contribution >= 4 is 23.5 Å². The third-order valence-electron chi connectivity index (χ3n) is 9.61. The van der Waals surface area contributed by atoms with Crippen molar-refractivity contribution in [2.75, 3.05) is 13.2 Å². The van der Waals surface area contributed by atoms with Gasteiger partial charge in [-0.2, -0.15) is 0 Å². The molecule has 0 bridgehead atoms. The zero-order valence-corrected chi connectivity index (χ0v) is 22.0. The van der Waals surface area contributed by atoms with Crippen LogP contribution in [0.3, 0.4) is 0 Å². The van der Waals surface area contributed by atoms with Crippen molar-refractivity contribution in [3.63, 3.8) is 0 Å². The van der Waals surface area contributed by atoms with E-state index in [-0.39, 0.29) is 66.3 Å². The highest BCUT2D eigenvalue weighted by Crippen LogP contribution is 2.67. The number of esters is 2. The van der Waals surface area contributed by atoms with Crippen LogP contribution in [0.2, 0.25) is 0 Å². The molecule has 198 valence electrons. The van der Waals surface area contributed by atoms with E-state index in [1.807, 2.05) is 13.0 Å². The van der Waals surface area contributed by atoms with Gasteiger partial charge in [0.2, 0.25) is 0 Å². The maximum atomic E-state index is 13.2. The Hall–Kier alpha value is -2.28. The standard InChI is InChI=1S/C29H40O7/c1-5-7-26(34)36-16-24(32)21-9-8-20-19-12-17(15-35-25(33)6-2)22-13-18(30)10-11-28(22,3)27(19)23(31)14-29(20,21)4/h10-11,13,17,19-21,23,27,31H,5-9,12,14-16H2,1-4H3/t17-,19+,20+,21-,23+,27-,28+,29+/m1/s1. The van der Waals surface area contributed by atoms with Gasteiger partial charge in [0.05, 0.1) is 12.7 Å². The minimum Gasteiger partial charge on any atom is -0.465 e. The van der Waals surface area contributed by atoms with Crippen LogP contribution in [0.15, 0.2) is 23.8 Å². The summed E-state index contributed by atoms with van der Waals surface area (Å²) >= 11 is 0. The van der Waals surface area contributed by atoms with Crippen LogP contribution < -0.4 is 0 Å². The number of allylic oxidation sites excluding steroid dienone is 3.